The number of benzene rings is 2. The predicted molar refractivity (Wildman–Crippen MR) is 93.6 cm³/mol. The van der Waals surface area contributed by atoms with E-state index in [1.165, 1.54) is 12.1 Å². The van der Waals surface area contributed by atoms with Gasteiger partial charge in [-0.25, -0.2) is 0 Å². The smallest absolute Gasteiger partial charge is 0.359 e. The van der Waals surface area contributed by atoms with Gasteiger partial charge in [-0.05, 0) is 30.3 Å². The van der Waals surface area contributed by atoms with Crippen molar-refractivity contribution in [1.82, 2.24) is 0 Å². The van der Waals surface area contributed by atoms with E-state index in [9.17, 15) is 18.0 Å². The van der Waals surface area contributed by atoms with Crippen LogP contribution in [0.4, 0.5) is 24.5 Å². The summed E-state index contributed by atoms with van der Waals surface area (Å²) in [6.07, 6.45) is -3.62. The Morgan fingerprint density at radius 2 is 1.85 bits per heavy atom. The van der Waals surface area contributed by atoms with Gasteiger partial charge in [-0.2, -0.15) is 23.7 Å². The molecule has 0 atom stereocenters. The molecule has 2 aromatic carbocycles. The van der Waals surface area contributed by atoms with Crippen LogP contribution >= 0.6 is 11.6 Å². The Morgan fingerprint density at radius 3 is 2.48 bits per heavy atom. The maximum Gasteiger partial charge on any atom is 0.417 e. The van der Waals surface area contributed by atoms with Gasteiger partial charge in [0.15, 0.2) is 0 Å². The van der Waals surface area contributed by atoms with E-state index in [2.05, 4.69) is 10.6 Å². The summed E-state index contributed by atoms with van der Waals surface area (Å²) in [6, 6.07) is 12.8. The van der Waals surface area contributed by atoms with Crippen molar-refractivity contribution in [1.29, 1.82) is 10.5 Å². The number of nitrogens with one attached hydrogen (secondary N) is 2. The van der Waals surface area contributed by atoms with E-state index in [0.29, 0.717) is 17.3 Å². The highest BCUT2D eigenvalue weighted by Gasteiger charge is 2.33. The van der Waals surface area contributed by atoms with E-state index in [1.54, 1.807) is 24.3 Å². The van der Waals surface area contributed by atoms with Gasteiger partial charge in [0.25, 0.3) is 5.91 Å². The number of para-hydroxylation sites is 1. The topological polar surface area (TPSA) is 88.7 Å². The molecule has 0 aliphatic heterocycles. The van der Waals surface area contributed by atoms with Gasteiger partial charge in [0, 0.05) is 11.9 Å². The SMILES string of the molecule is N#C/C(=C/Nc1ccccc1C#N)C(=O)Nc1ccc(Cl)c(C(F)(F)F)c1. The standard InChI is InChI=1S/C18H10ClF3N4O/c19-15-6-5-13(7-14(15)18(20,21)22)26-17(27)12(9-24)10-25-16-4-2-1-3-11(16)8-23/h1-7,10,25H,(H,26,27)/b12-10-. The van der Waals surface area contributed by atoms with Crippen LogP contribution in [0.5, 0.6) is 0 Å². The van der Waals surface area contributed by atoms with Crippen molar-refractivity contribution in [3.63, 3.8) is 0 Å². The molecule has 0 spiro atoms. The fourth-order valence-electron chi connectivity index (χ4n) is 2.02. The van der Waals surface area contributed by atoms with Crippen molar-refractivity contribution in [2.45, 2.75) is 6.18 Å². The van der Waals surface area contributed by atoms with Crippen LogP contribution in [0.15, 0.2) is 54.2 Å². The fourth-order valence-corrected chi connectivity index (χ4v) is 2.25. The van der Waals surface area contributed by atoms with Crippen LogP contribution in [-0.2, 0) is 11.0 Å². The van der Waals surface area contributed by atoms with E-state index in [0.717, 1.165) is 12.3 Å². The van der Waals surface area contributed by atoms with E-state index < -0.39 is 28.2 Å². The van der Waals surface area contributed by atoms with E-state index in [1.807, 2.05) is 6.07 Å². The molecule has 2 N–H and O–H groups in total. The van der Waals surface area contributed by atoms with Gasteiger partial charge in [0.1, 0.15) is 17.7 Å². The molecule has 1 amide bonds. The van der Waals surface area contributed by atoms with Crippen LogP contribution in [0.1, 0.15) is 11.1 Å². The molecule has 27 heavy (non-hydrogen) atoms. The van der Waals surface area contributed by atoms with Crippen LogP contribution in [-0.4, -0.2) is 5.91 Å². The molecule has 2 aromatic rings. The summed E-state index contributed by atoms with van der Waals surface area (Å²) in [4.78, 5) is 12.1. The zero-order valence-electron chi connectivity index (χ0n) is 13.4. The van der Waals surface area contributed by atoms with Gasteiger partial charge >= 0.3 is 6.18 Å². The highest BCUT2D eigenvalue weighted by atomic mass is 35.5. The zero-order valence-corrected chi connectivity index (χ0v) is 14.2. The Hall–Kier alpha value is -3.49. The fraction of sp³-hybridized carbons (Fsp3) is 0.0556. The lowest BCUT2D eigenvalue weighted by Gasteiger charge is -2.11. The molecule has 0 aliphatic carbocycles. The van der Waals surface area contributed by atoms with Crippen LogP contribution < -0.4 is 10.6 Å². The molecule has 0 fully saturated rings. The number of alkyl halides is 3. The largest absolute Gasteiger partial charge is 0.417 e. The normalized spacial score (nSPS) is 11.3. The van der Waals surface area contributed by atoms with Gasteiger partial charge in [0.2, 0.25) is 0 Å². The molecule has 0 aromatic heterocycles. The molecule has 0 saturated heterocycles. The Labute approximate surface area is 157 Å². The van der Waals surface area contributed by atoms with E-state index in [-0.39, 0.29) is 5.69 Å². The lowest BCUT2D eigenvalue weighted by molar-refractivity contribution is -0.137. The summed E-state index contributed by atoms with van der Waals surface area (Å²) < 4.78 is 38.6. The zero-order chi connectivity index (χ0) is 20.0. The first-order valence-corrected chi connectivity index (χ1v) is 7.68. The quantitative estimate of drug-likeness (QED) is 0.585. The van der Waals surface area contributed by atoms with Crippen molar-refractivity contribution in [3.8, 4) is 12.1 Å². The third-order valence-corrected chi connectivity index (χ3v) is 3.64. The van der Waals surface area contributed by atoms with Crippen molar-refractivity contribution >= 4 is 28.9 Å². The molecule has 0 saturated carbocycles. The lowest BCUT2D eigenvalue weighted by Crippen LogP contribution is -2.15. The molecule has 0 bridgehead atoms. The lowest BCUT2D eigenvalue weighted by atomic mass is 10.1. The second kappa shape index (κ2) is 8.26. The number of anilines is 2. The van der Waals surface area contributed by atoms with E-state index >= 15 is 0 Å². The van der Waals surface area contributed by atoms with Crippen LogP contribution in [0.2, 0.25) is 5.02 Å². The molecule has 136 valence electrons. The molecule has 5 nitrogen and oxygen atoms in total. The highest BCUT2D eigenvalue weighted by Crippen LogP contribution is 2.36. The third-order valence-electron chi connectivity index (χ3n) is 3.31. The first kappa shape index (κ1) is 19.8. The Morgan fingerprint density at radius 1 is 1.15 bits per heavy atom. The number of hydrogen-bond acceptors (Lipinski definition) is 4. The van der Waals surface area contributed by atoms with Crippen LogP contribution in [0.25, 0.3) is 0 Å². The highest BCUT2D eigenvalue weighted by molar-refractivity contribution is 6.31. The maximum absolute atomic E-state index is 12.9. The molecular formula is C18H10ClF3N4O. The molecular weight excluding hydrogens is 381 g/mol. The molecule has 0 aliphatic rings. The van der Waals surface area contributed by atoms with E-state index in [4.69, 9.17) is 22.1 Å². The number of carbonyl (C=O) groups excluding carboxylic acids is 1. The minimum atomic E-state index is -4.69. The predicted octanol–water partition coefficient (Wildman–Crippen LogP) is 4.69. The number of hydrogen-bond donors (Lipinski definition) is 2. The van der Waals surface area contributed by atoms with Gasteiger partial charge in [-0.1, -0.05) is 23.7 Å². The summed E-state index contributed by atoms with van der Waals surface area (Å²) in [5, 5.41) is 22.5. The summed E-state index contributed by atoms with van der Waals surface area (Å²) in [7, 11) is 0. The average Bonchev–Trinajstić information content (AvgIpc) is 2.63. The average molecular weight is 391 g/mol. The minimum Gasteiger partial charge on any atom is -0.359 e. The number of rotatable bonds is 4. The van der Waals surface area contributed by atoms with Crippen LogP contribution in [0, 0.1) is 22.7 Å². The number of halogens is 4. The Kier molecular flexibility index (Phi) is 6.07. The summed E-state index contributed by atoms with van der Waals surface area (Å²) >= 11 is 5.52. The van der Waals surface area contributed by atoms with Crippen LogP contribution in [0.3, 0.4) is 0 Å². The summed E-state index contributed by atoms with van der Waals surface area (Å²) in [5.74, 6) is -0.921. The monoisotopic (exact) mass is 390 g/mol. The molecule has 0 unspecified atom stereocenters. The number of nitrogens with zero attached hydrogens (tertiary/aromatic N) is 2. The molecule has 0 heterocycles. The van der Waals surface area contributed by atoms with Gasteiger partial charge in [0.05, 0.1) is 21.8 Å². The third kappa shape index (κ3) is 5.00. The number of carbonyl (C=O) groups is 1. The first-order chi connectivity index (χ1) is 12.8. The van der Waals surface area contributed by atoms with Gasteiger partial charge in [-0.15, -0.1) is 0 Å². The van der Waals surface area contributed by atoms with Gasteiger partial charge < -0.3 is 10.6 Å². The minimum absolute atomic E-state index is 0.171. The Bertz CT molecular complexity index is 987. The second-order valence-electron chi connectivity index (χ2n) is 5.12. The van der Waals surface area contributed by atoms with Crippen molar-refractivity contribution in [2.75, 3.05) is 10.6 Å². The van der Waals surface area contributed by atoms with Crippen molar-refractivity contribution < 1.29 is 18.0 Å². The first-order valence-electron chi connectivity index (χ1n) is 7.30. The van der Waals surface area contributed by atoms with Crippen molar-refractivity contribution in [2.24, 2.45) is 0 Å². The number of amides is 1. The second-order valence-corrected chi connectivity index (χ2v) is 5.53. The van der Waals surface area contributed by atoms with Gasteiger partial charge in [-0.3, -0.25) is 4.79 Å². The molecule has 9 heteroatoms. The Balaban J connectivity index is 2.21. The molecule has 2 rings (SSSR count). The van der Waals surface area contributed by atoms with Crippen molar-refractivity contribution in [3.05, 3.63) is 70.4 Å². The maximum atomic E-state index is 12.9. The number of nitriles is 2. The summed E-state index contributed by atoms with van der Waals surface area (Å²) in [5.41, 5.74) is -1.02. The molecule has 0 radical (unpaired) electrons. The summed E-state index contributed by atoms with van der Waals surface area (Å²) in [6.45, 7) is 0.